The third-order valence-electron chi connectivity index (χ3n) is 7.91. The van der Waals surface area contributed by atoms with Crippen LogP contribution >= 0.6 is 0 Å². The summed E-state index contributed by atoms with van der Waals surface area (Å²) in [5, 5.41) is 0. The predicted octanol–water partition coefficient (Wildman–Crippen LogP) is 11.5. The van der Waals surface area contributed by atoms with Crippen LogP contribution in [0.2, 0.25) is 0 Å². The Kier molecular flexibility index (Phi) is 14.3. The van der Waals surface area contributed by atoms with Gasteiger partial charge in [-0.25, -0.2) is 26.3 Å². The van der Waals surface area contributed by atoms with E-state index >= 15 is 0 Å². The molecule has 0 heterocycles. The van der Waals surface area contributed by atoms with E-state index in [1.54, 1.807) is 0 Å². The van der Waals surface area contributed by atoms with Crippen LogP contribution in [0.3, 0.4) is 0 Å². The van der Waals surface area contributed by atoms with Crippen LogP contribution in [0, 0.1) is 35.0 Å². The summed E-state index contributed by atoms with van der Waals surface area (Å²) in [5.41, 5.74) is 1.45. The molecule has 0 aromatic heterocycles. The molecule has 0 spiro atoms. The molecule has 0 amide bonds. The monoisotopic (exact) mass is 642 g/mol. The molecule has 0 radical (unpaired) electrons. The van der Waals surface area contributed by atoms with Gasteiger partial charge in [-0.2, -0.15) is 0 Å². The number of halogens is 7. The minimum Gasteiger partial charge on any atom is -0.493 e. The minimum absolute atomic E-state index is 0.305. The number of alkyl halides is 1. The second-order valence-electron chi connectivity index (χ2n) is 11.3. The number of hydrogen-bond donors (Lipinski definition) is 0. The van der Waals surface area contributed by atoms with Crippen molar-refractivity contribution in [2.75, 3.05) is 13.2 Å². The Labute approximate surface area is 260 Å². The van der Waals surface area contributed by atoms with Crippen LogP contribution in [0.1, 0.15) is 95.6 Å². The Morgan fingerprint density at radius 2 is 1.22 bits per heavy atom. The lowest BCUT2D eigenvalue weighted by atomic mass is 9.76. The van der Waals surface area contributed by atoms with Crippen LogP contribution in [0.4, 0.5) is 30.9 Å². The molecule has 1 saturated carbocycles. The normalized spacial score (nSPS) is 16.1. The molecule has 0 N–H and O–H groups in total. The van der Waals surface area contributed by atoms with Gasteiger partial charge in [0.25, 0.3) is 0 Å². The molecule has 1 fully saturated rings. The molecule has 248 valence electrons. The number of ether oxygens (including phenoxy) is 2. The van der Waals surface area contributed by atoms with Gasteiger partial charge in [0.05, 0.1) is 24.3 Å². The third kappa shape index (κ3) is 9.78. The zero-order valence-corrected chi connectivity index (χ0v) is 26.0. The molecule has 10 heteroatoms. The van der Waals surface area contributed by atoms with Crippen LogP contribution in [0.5, 0.6) is 17.2 Å². The number of rotatable bonds is 13. The van der Waals surface area contributed by atoms with E-state index in [0.717, 1.165) is 37.2 Å². The molecule has 1 aliphatic carbocycles. The van der Waals surface area contributed by atoms with Gasteiger partial charge in [-0.3, -0.25) is 4.94 Å². The maximum Gasteiger partial charge on any atom is 0.194 e. The standard InChI is InChI=1S/C29H39F3O2.C6H2F4O/c1-4-7-8-20-9-11-21(12-10-20)22-17-27(33-13-5-2)29(28(18-22)34-14-6-3)23-15-25(31)24(19-30)26(32)16-23;7-4-1-3(11-10)2-5(8)6(4)9/h15-18,20-21H,4-14,19H2,1-3H3;1-2H. The highest BCUT2D eigenvalue weighted by molar-refractivity contribution is 5.78. The van der Waals surface area contributed by atoms with Crippen LogP contribution < -0.4 is 14.4 Å². The summed E-state index contributed by atoms with van der Waals surface area (Å²) >= 11 is 0. The van der Waals surface area contributed by atoms with Gasteiger partial charge in [-0.05, 0) is 85.8 Å². The van der Waals surface area contributed by atoms with E-state index in [4.69, 9.17) is 9.47 Å². The summed E-state index contributed by atoms with van der Waals surface area (Å²) in [6.07, 6.45) is 10.2. The van der Waals surface area contributed by atoms with Crippen molar-refractivity contribution >= 4 is 0 Å². The first-order valence-corrected chi connectivity index (χ1v) is 15.6. The molecule has 1 aliphatic rings. The van der Waals surface area contributed by atoms with Crippen molar-refractivity contribution < 1.29 is 45.3 Å². The van der Waals surface area contributed by atoms with E-state index in [9.17, 15) is 30.9 Å². The van der Waals surface area contributed by atoms with Gasteiger partial charge in [0, 0.05) is 16.7 Å². The fraction of sp³-hybridized carbons (Fsp3) is 0.486. The molecule has 0 unspecified atom stereocenters. The van der Waals surface area contributed by atoms with Gasteiger partial charge in [0.2, 0.25) is 0 Å². The highest BCUT2D eigenvalue weighted by Crippen LogP contribution is 2.46. The molecule has 45 heavy (non-hydrogen) atoms. The molecule has 3 aromatic rings. The Bertz CT molecular complexity index is 1300. The Morgan fingerprint density at radius 3 is 1.67 bits per heavy atom. The lowest BCUT2D eigenvalue weighted by Crippen LogP contribution is -2.14. The van der Waals surface area contributed by atoms with Gasteiger partial charge in [0.1, 0.15) is 29.8 Å². The largest absolute Gasteiger partial charge is 0.493 e. The van der Waals surface area contributed by atoms with Crippen LogP contribution in [0.25, 0.3) is 11.1 Å². The number of hydrogen-bond acceptors (Lipinski definition) is 3. The van der Waals surface area contributed by atoms with Crippen LogP contribution in [-0.4, -0.2) is 13.2 Å². The summed E-state index contributed by atoms with van der Waals surface area (Å²) < 4.78 is 102. The summed E-state index contributed by atoms with van der Waals surface area (Å²) in [6.45, 7) is 6.07. The molecule has 3 nitrogen and oxygen atoms in total. The van der Waals surface area contributed by atoms with Crippen LogP contribution in [-0.2, 0) is 6.67 Å². The van der Waals surface area contributed by atoms with E-state index in [1.165, 1.54) is 44.2 Å². The zero-order chi connectivity index (χ0) is 32.9. The van der Waals surface area contributed by atoms with E-state index in [0.29, 0.717) is 53.9 Å². The maximum atomic E-state index is 14.5. The lowest BCUT2D eigenvalue weighted by molar-refractivity contribution is -0.00711. The Morgan fingerprint density at radius 1 is 0.689 bits per heavy atom. The second kappa shape index (κ2) is 17.9. The molecular formula is C35H41F7O3. The molecule has 4 rings (SSSR count). The van der Waals surface area contributed by atoms with Gasteiger partial charge in [-0.15, -0.1) is 0 Å². The van der Waals surface area contributed by atoms with Crippen molar-refractivity contribution in [2.45, 2.75) is 91.2 Å². The second-order valence-corrected chi connectivity index (χ2v) is 11.3. The SMILES string of the molecule is CCCCC1CCC(c2cc(OCCC)c(-c3cc(F)c(CF)c(F)c3)c(OCCC)c2)CC1.FOc1cc(F)c(F)c(F)c1. The van der Waals surface area contributed by atoms with Crippen molar-refractivity contribution in [3.8, 4) is 28.4 Å². The fourth-order valence-corrected chi connectivity index (χ4v) is 5.51. The van der Waals surface area contributed by atoms with Gasteiger partial charge >= 0.3 is 0 Å². The van der Waals surface area contributed by atoms with Gasteiger partial charge in [0.15, 0.2) is 23.2 Å². The molecule has 0 saturated heterocycles. The zero-order valence-electron chi connectivity index (χ0n) is 26.0. The van der Waals surface area contributed by atoms with Crippen LogP contribution in [0.15, 0.2) is 36.4 Å². The van der Waals surface area contributed by atoms with E-state index in [1.807, 2.05) is 26.0 Å². The summed E-state index contributed by atoms with van der Waals surface area (Å²) in [7, 11) is 0. The average Bonchev–Trinajstić information content (AvgIpc) is 3.04. The van der Waals surface area contributed by atoms with Crippen molar-refractivity contribution in [3.05, 3.63) is 76.6 Å². The maximum absolute atomic E-state index is 14.5. The number of unbranched alkanes of at least 4 members (excludes halogenated alkanes) is 1. The topological polar surface area (TPSA) is 27.7 Å². The minimum atomic E-state index is -1.65. The average molecular weight is 643 g/mol. The van der Waals surface area contributed by atoms with Gasteiger partial charge < -0.3 is 9.47 Å². The third-order valence-corrected chi connectivity index (χ3v) is 7.91. The highest BCUT2D eigenvalue weighted by atomic mass is 19.3. The molecule has 0 aliphatic heterocycles. The van der Waals surface area contributed by atoms with Crippen molar-refractivity contribution in [2.24, 2.45) is 5.92 Å². The number of benzene rings is 3. The first-order chi connectivity index (χ1) is 21.7. The van der Waals surface area contributed by atoms with E-state index in [2.05, 4.69) is 11.9 Å². The Hall–Kier alpha value is -3.43. The van der Waals surface area contributed by atoms with E-state index < -0.39 is 47.1 Å². The van der Waals surface area contributed by atoms with Gasteiger partial charge in [-0.1, -0.05) is 40.0 Å². The first-order valence-electron chi connectivity index (χ1n) is 15.6. The summed E-state index contributed by atoms with van der Waals surface area (Å²) in [6, 6.07) is 7.23. The molecule has 0 bridgehead atoms. The molecular weight excluding hydrogens is 601 g/mol. The van der Waals surface area contributed by atoms with Crippen molar-refractivity contribution in [1.82, 2.24) is 0 Å². The quantitative estimate of drug-likeness (QED) is 0.137. The highest BCUT2D eigenvalue weighted by Gasteiger charge is 2.26. The lowest BCUT2D eigenvalue weighted by Gasteiger charge is -2.30. The summed E-state index contributed by atoms with van der Waals surface area (Å²) in [4.78, 5) is 2.98. The van der Waals surface area contributed by atoms with Crippen molar-refractivity contribution in [1.29, 1.82) is 0 Å². The van der Waals surface area contributed by atoms with E-state index in [-0.39, 0.29) is 0 Å². The summed E-state index contributed by atoms with van der Waals surface area (Å²) in [5.74, 6) is -4.74. The van der Waals surface area contributed by atoms with Crippen molar-refractivity contribution in [3.63, 3.8) is 0 Å². The smallest absolute Gasteiger partial charge is 0.194 e. The molecule has 0 atom stereocenters. The fourth-order valence-electron chi connectivity index (χ4n) is 5.51. The predicted molar refractivity (Wildman–Crippen MR) is 160 cm³/mol. The first kappa shape index (κ1) is 36.0. The molecule has 3 aromatic carbocycles. The Balaban J connectivity index is 0.000000423.